The molecule has 1 aliphatic rings. The highest BCUT2D eigenvalue weighted by Gasteiger charge is 2.16. The lowest BCUT2D eigenvalue weighted by Gasteiger charge is -2.23. The molecule has 0 aliphatic heterocycles. The highest BCUT2D eigenvalue weighted by Crippen LogP contribution is 2.29. The van der Waals surface area contributed by atoms with E-state index >= 15 is 0 Å². The Bertz CT molecular complexity index is 532. The van der Waals surface area contributed by atoms with Gasteiger partial charge in [0.25, 0.3) is 0 Å². The number of nitrogens with one attached hydrogen (secondary N) is 2. The molecule has 0 amide bonds. The highest BCUT2D eigenvalue weighted by molar-refractivity contribution is 7.16. The van der Waals surface area contributed by atoms with Crippen molar-refractivity contribution in [1.29, 1.82) is 0 Å². The van der Waals surface area contributed by atoms with E-state index in [1.807, 2.05) is 5.38 Å². The molecule has 6 heteroatoms. The monoisotopic (exact) mass is 263 g/mol. The first-order valence-corrected chi connectivity index (χ1v) is 7.23. The molecule has 2 aromatic heterocycles. The molecule has 0 saturated heterocycles. The Kier molecular flexibility index (Phi) is 3.29. The van der Waals surface area contributed by atoms with Gasteiger partial charge in [-0.2, -0.15) is 4.98 Å². The van der Waals surface area contributed by atoms with Crippen LogP contribution in [0.3, 0.4) is 0 Å². The third kappa shape index (κ3) is 2.26. The van der Waals surface area contributed by atoms with Crippen LogP contribution in [0.2, 0.25) is 0 Å². The zero-order valence-corrected chi connectivity index (χ0v) is 11.0. The molecular formula is C12H17N5S. The van der Waals surface area contributed by atoms with Gasteiger partial charge in [-0.1, -0.05) is 19.3 Å². The molecule has 5 nitrogen and oxygen atoms in total. The van der Waals surface area contributed by atoms with E-state index < -0.39 is 0 Å². The maximum atomic E-state index is 5.41. The third-order valence-electron chi connectivity index (χ3n) is 3.40. The standard InChI is InChI=1S/C12H17N5S/c13-17-12-15-10(9-6-7-18-11(9)16-12)14-8-4-2-1-3-5-8/h6-8H,1-5,13H2,(H2,14,15,16,17). The van der Waals surface area contributed by atoms with Crippen molar-refractivity contribution in [2.45, 2.75) is 38.1 Å². The van der Waals surface area contributed by atoms with Gasteiger partial charge in [-0.3, -0.25) is 5.43 Å². The van der Waals surface area contributed by atoms with Gasteiger partial charge in [0.1, 0.15) is 10.6 Å². The molecule has 1 aliphatic carbocycles. The van der Waals surface area contributed by atoms with Crippen molar-refractivity contribution in [2.24, 2.45) is 5.84 Å². The summed E-state index contributed by atoms with van der Waals surface area (Å²) in [5.74, 6) is 6.79. The number of hydrogen-bond donors (Lipinski definition) is 3. The number of nitrogens with two attached hydrogens (primary N) is 1. The van der Waals surface area contributed by atoms with Crippen LogP contribution in [0.1, 0.15) is 32.1 Å². The van der Waals surface area contributed by atoms with Gasteiger partial charge in [-0.25, -0.2) is 10.8 Å². The summed E-state index contributed by atoms with van der Waals surface area (Å²) in [5.41, 5.74) is 2.53. The molecule has 1 saturated carbocycles. The van der Waals surface area contributed by atoms with Crippen LogP contribution in [0.15, 0.2) is 11.4 Å². The van der Waals surface area contributed by atoms with Gasteiger partial charge in [0.05, 0.1) is 5.39 Å². The number of rotatable bonds is 3. The van der Waals surface area contributed by atoms with Gasteiger partial charge in [-0.15, -0.1) is 11.3 Å². The maximum absolute atomic E-state index is 5.41. The Morgan fingerprint density at radius 3 is 2.83 bits per heavy atom. The van der Waals surface area contributed by atoms with Crippen LogP contribution in [0.4, 0.5) is 11.8 Å². The van der Waals surface area contributed by atoms with E-state index in [1.54, 1.807) is 11.3 Å². The summed E-state index contributed by atoms with van der Waals surface area (Å²) < 4.78 is 0. The third-order valence-corrected chi connectivity index (χ3v) is 4.21. The summed E-state index contributed by atoms with van der Waals surface area (Å²) in [6.45, 7) is 0. The van der Waals surface area contributed by atoms with E-state index in [1.165, 1.54) is 32.1 Å². The first-order chi connectivity index (χ1) is 8.86. The van der Waals surface area contributed by atoms with Crippen LogP contribution < -0.4 is 16.6 Å². The molecule has 0 unspecified atom stereocenters. The molecule has 2 heterocycles. The number of thiophene rings is 1. The number of hydrazine groups is 1. The van der Waals surface area contributed by atoms with Gasteiger partial charge in [0, 0.05) is 6.04 Å². The number of aromatic nitrogens is 2. The Balaban J connectivity index is 1.91. The molecule has 18 heavy (non-hydrogen) atoms. The number of nitrogens with zero attached hydrogens (tertiary/aromatic N) is 2. The quantitative estimate of drug-likeness (QED) is 0.586. The Morgan fingerprint density at radius 2 is 2.06 bits per heavy atom. The average Bonchev–Trinajstić information content (AvgIpc) is 2.88. The van der Waals surface area contributed by atoms with Crippen molar-refractivity contribution in [3.05, 3.63) is 11.4 Å². The summed E-state index contributed by atoms with van der Waals surface area (Å²) in [6, 6.07) is 2.59. The minimum atomic E-state index is 0.475. The van der Waals surface area contributed by atoms with E-state index in [9.17, 15) is 0 Å². The van der Waals surface area contributed by atoms with E-state index in [4.69, 9.17) is 5.84 Å². The highest BCUT2D eigenvalue weighted by atomic mass is 32.1. The molecule has 2 aromatic rings. The SMILES string of the molecule is NNc1nc(NC2CCCCC2)c2ccsc2n1. The lowest BCUT2D eigenvalue weighted by Crippen LogP contribution is -2.23. The Morgan fingerprint density at radius 1 is 1.22 bits per heavy atom. The van der Waals surface area contributed by atoms with E-state index in [0.29, 0.717) is 12.0 Å². The summed E-state index contributed by atoms with van der Waals surface area (Å²) in [4.78, 5) is 9.74. The van der Waals surface area contributed by atoms with Crippen LogP contribution >= 0.6 is 11.3 Å². The van der Waals surface area contributed by atoms with E-state index in [2.05, 4.69) is 26.8 Å². The molecule has 96 valence electrons. The second kappa shape index (κ2) is 5.07. The molecular weight excluding hydrogens is 246 g/mol. The van der Waals surface area contributed by atoms with Gasteiger partial charge in [0.15, 0.2) is 0 Å². The van der Waals surface area contributed by atoms with Crippen molar-refractivity contribution in [1.82, 2.24) is 9.97 Å². The normalized spacial score (nSPS) is 16.9. The Hall–Kier alpha value is -1.40. The molecule has 0 radical (unpaired) electrons. The number of anilines is 2. The van der Waals surface area contributed by atoms with Crippen LogP contribution in [-0.2, 0) is 0 Å². The predicted molar refractivity (Wildman–Crippen MR) is 75.7 cm³/mol. The summed E-state index contributed by atoms with van der Waals surface area (Å²) in [7, 11) is 0. The van der Waals surface area contributed by atoms with Crippen LogP contribution in [0, 0.1) is 0 Å². The van der Waals surface area contributed by atoms with Crippen LogP contribution in [0.25, 0.3) is 10.2 Å². The van der Waals surface area contributed by atoms with Crippen molar-refractivity contribution in [3.63, 3.8) is 0 Å². The second-order valence-corrected chi connectivity index (χ2v) is 5.55. The maximum Gasteiger partial charge on any atom is 0.240 e. The van der Waals surface area contributed by atoms with Gasteiger partial charge >= 0.3 is 0 Å². The van der Waals surface area contributed by atoms with Crippen molar-refractivity contribution < 1.29 is 0 Å². The molecule has 4 N–H and O–H groups in total. The molecule has 3 rings (SSSR count). The van der Waals surface area contributed by atoms with Gasteiger partial charge in [-0.05, 0) is 24.3 Å². The zero-order chi connectivity index (χ0) is 12.4. The summed E-state index contributed by atoms with van der Waals surface area (Å²) in [5, 5.41) is 6.67. The topological polar surface area (TPSA) is 75.9 Å². The number of fused-ring (bicyclic) bond motifs is 1. The average molecular weight is 263 g/mol. The van der Waals surface area contributed by atoms with Gasteiger partial charge in [0.2, 0.25) is 5.95 Å². The molecule has 0 bridgehead atoms. The summed E-state index contributed by atoms with van der Waals surface area (Å²) in [6.07, 6.45) is 6.41. The van der Waals surface area contributed by atoms with E-state index in [-0.39, 0.29) is 0 Å². The second-order valence-electron chi connectivity index (χ2n) is 4.66. The van der Waals surface area contributed by atoms with Crippen molar-refractivity contribution in [3.8, 4) is 0 Å². The first kappa shape index (κ1) is 11.7. The van der Waals surface area contributed by atoms with Crippen molar-refractivity contribution in [2.75, 3.05) is 10.7 Å². The minimum Gasteiger partial charge on any atom is -0.367 e. The van der Waals surface area contributed by atoms with Crippen LogP contribution in [0.5, 0.6) is 0 Å². The molecule has 0 spiro atoms. The lowest BCUT2D eigenvalue weighted by atomic mass is 9.95. The first-order valence-electron chi connectivity index (χ1n) is 6.35. The summed E-state index contributed by atoms with van der Waals surface area (Å²) >= 11 is 1.61. The molecule has 0 aromatic carbocycles. The number of hydrogen-bond acceptors (Lipinski definition) is 6. The Labute approximate surface area is 110 Å². The zero-order valence-electron chi connectivity index (χ0n) is 10.1. The van der Waals surface area contributed by atoms with Crippen molar-refractivity contribution >= 4 is 33.3 Å². The fourth-order valence-corrected chi connectivity index (χ4v) is 3.23. The molecule has 0 atom stereocenters. The largest absolute Gasteiger partial charge is 0.367 e. The van der Waals surface area contributed by atoms with E-state index in [0.717, 1.165) is 16.0 Å². The smallest absolute Gasteiger partial charge is 0.240 e. The predicted octanol–water partition coefficient (Wildman–Crippen LogP) is 2.72. The van der Waals surface area contributed by atoms with Gasteiger partial charge < -0.3 is 5.32 Å². The fourth-order valence-electron chi connectivity index (χ4n) is 2.47. The molecule has 1 fully saturated rings. The number of nitrogen functional groups attached to an aromatic ring is 1. The lowest BCUT2D eigenvalue weighted by molar-refractivity contribution is 0.462. The van der Waals surface area contributed by atoms with Crippen LogP contribution in [-0.4, -0.2) is 16.0 Å². The minimum absolute atomic E-state index is 0.475. The fraction of sp³-hybridized carbons (Fsp3) is 0.500.